The molecule has 1 aliphatic heterocycles. The van der Waals surface area contributed by atoms with Crippen molar-refractivity contribution in [3.8, 4) is 11.3 Å². The molecule has 0 bridgehead atoms. The SMILES string of the molecule is CCC(CO)N1CCN(C(=O)Cn2cc(-c3ccccc3)nn2)CC1. The fourth-order valence-electron chi connectivity index (χ4n) is 3.19. The third-order valence-electron chi connectivity index (χ3n) is 4.77. The van der Waals surface area contributed by atoms with E-state index in [9.17, 15) is 9.90 Å². The number of aliphatic hydroxyl groups is 1. The maximum Gasteiger partial charge on any atom is 0.244 e. The minimum atomic E-state index is 0.0567. The molecular formula is C18H25N5O2. The molecule has 25 heavy (non-hydrogen) atoms. The van der Waals surface area contributed by atoms with Crippen LogP contribution in [0, 0.1) is 0 Å². The van der Waals surface area contributed by atoms with E-state index in [1.807, 2.05) is 41.4 Å². The first-order chi connectivity index (χ1) is 12.2. The van der Waals surface area contributed by atoms with Crippen molar-refractivity contribution in [2.75, 3.05) is 32.8 Å². The summed E-state index contributed by atoms with van der Waals surface area (Å²) in [7, 11) is 0. The van der Waals surface area contributed by atoms with Crippen LogP contribution >= 0.6 is 0 Å². The second kappa shape index (κ2) is 8.22. The Kier molecular flexibility index (Phi) is 5.78. The molecule has 1 saturated heterocycles. The molecule has 7 heteroatoms. The van der Waals surface area contributed by atoms with Gasteiger partial charge in [0.05, 0.1) is 12.8 Å². The van der Waals surface area contributed by atoms with E-state index >= 15 is 0 Å². The molecular weight excluding hydrogens is 318 g/mol. The van der Waals surface area contributed by atoms with Crippen molar-refractivity contribution in [3.63, 3.8) is 0 Å². The summed E-state index contributed by atoms with van der Waals surface area (Å²) >= 11 is 0. The molecule has 1 unspecified atom stereocenters. The van der Waals surface area contributed by atoms with Gasteiger partial charge in [-0.05, 0) is 6.42 Å². The largest absolute Gasteiger partial charge is 0.395 e. The van der Waals surface area contributed by atoms with Gasteiger partial charge in [-0.3, -0.25) is 9.69 Å². The van der Waals surface area contributed by atoms with Crippen LogP contribution in [0.5, 0.6) is 0 Å². The monoisotopic (exact) mass is 343 g/mol. The molecule has 1 aromatic heterocycles. The average Bonchev–Trinajstić information content (AvgIpc) is 3.12. The van der Waals surface area contributed by atoms with Gasteiger partial charge < -0.3 is 10.0 Å². The van der Waals surface area contributed by atoms with Crippen molar-refractivity contribution < 1.29 is 9.90 Å². The van der Waals surface area contributed by atoms with Crippen molar-refractivity contribution in [2.24, 2.45) is 0 Å². The van der Waals surface area contributed by atoms with Crippen molar-refractivity contribution in [2.45, 2.75) is 25.9 Å². The highest BCUT2D eigenvalue weighted by atomic mass is 16.3. The van der Waals surface area contributed by atoms with Crippen LogP contribution in [0.1, 0.15) is 13.3 Å². The van der Waals surface area contributed by atoms with Crippen LogP contribution in [0.15, 0.2) is 36.5 Å². The number of nitrogens with zero attached hydrogens (tertiary/aromatic N) is 5. The van der Waals surface area contributed by atoms with E-state index in [1.54, 1.807) is 4.68 Å². The van der Waals surface area contributed by atoms with Gasteiger partial charge in [0, 0.05) is 37.8 Å². The van der Waals surface area contributed by atoms with Crippen LogP contribution in [-0.2, 0) is 11.3 Å². The number of hydrogen-bond donors (Lipinski definition) is 1. The van der Waals surface area contributed by atoms with E-state index < -0.39 is 0 Å². The summed E-state index contributed by atoms with van der Waals surface area (Å²) in [4.78, 5) is 16.6. The Morgan fingerprint density at radius 1 is 1.20 bits per heavy atom. The second-order valence-electron chi connectivity index (χ2n) is 6.33. The summed E-state index contributed by atoms with van der Waals surface area (Å²) in [5.41, 5.74) is 1.76. The highest BCUT2D eigenvalue weighted by molar-refractivity contribution is 5.76. The molecule has 1 amide bonds. The van der Waals surface area contributed by atoms with E-state index in [-0.39, 0.29) is 25.1 Å². The standard InChI is InChI=1S/C18H25N5O2/c1-2-16(14-24)21-8-10-22(11-9-21)18(25)13-23-12-17(19-20-23)15-6-4-3-5-7-15/h3-7,12,16,24H,2,8-11,13-14H2,1H3. The minimum Gasteiger partial charge on any atom is -0.395 e. The van der Waals surface area contributed by atoms with E-state index in [4.69, 9.17) is 0 Å². The molecule has 0 aliphatic carbocycles. The van der Waals surface area contributed by atoms with E-state index in [1.165, 1.54) is 0 Å². The highest BCUT2D eigenvalue weighted by Gasteiger charge is 2.25. The smallest absolute Gasteiger partial charge is 0.244 e. The fraction of sp³-hybridized carbons (Fsp3) is 0.500. The zero-order chi connectivity index (χ0) is 17.6. The van der Waals surface area contributed by atoms with Crippen LogP contribution in [0.4, 0.5) is 0 Å². The lowest BCUT2D eigenvalue weighted by molar-refractivity contribution is -0.134. The Morgan fingerprint density at radius 3 is 2.56 bits per heavy atom. The number of carbonyl (C=O) groups excluding carboxylic acids is 1. The second-order valence-corrected chi connectivity index (χ2v) is 6.33. The van der Waals surface area contributed by atoms with Crippen LogP contribution in [0.2, 0.25) is 0 Å². The lowest BCUT2D eigenvalue weighted by atomic mass is 10.1. The first-order valence-electron chi connectivity index (χ1n) is 8.79. The Morgan fingerprint density at radius 2 is 1.92 bits per heavy atom. The summed E-state index contributed by atoms with van der Waals surface area (Å²) < 4.78 is 1.60. The van der Waals surface area contributed by atoms with Gasteiger partial charge in [-0.25, -0.2) is 4.68 Å². The number of piperazine rings is 1. The number of aromatic nitrogens is 3. The summed E-state index contributed by atoms with van der Waals surface area (Å²) in [5.74, 6) is 0.0567. The van der Waals surface area contributed by atoms with Crippen LogP contribution < -0.4 is 0 Å². The summed E-state index contributed by atoms with van der Waals surface area (Å²) in [6.07, 6.45) is 2.73. The van der Waals surface area contributed by atoms with Gasteiger partial charge in [-0.15, -0.1) is 5.10 Å². The molecule has 1 aliphatic rings. The number of aliphatic hydroxyl groups excluding tert-OH is 1. The van der Waals surface area contributed by atoms with E-state index in [0.29, 0.717) is 13.1 Å². The number of benzene rings is 1. The maximum atomic E-state index is 12.5. The summed E-state index contributed by atoms with van der Waals surface area (Å²) in [6.45, 7) is 5.44. The van der Waals surface area contributed by atoms with Crippen molar-refractivity contribution in [3.05, 3.63) is 36.5 Å². The van der Waals surface area contributed by atoms with Crippen LogP contribution in [0.25, 0.3) is 11.3 Å². The quantitative estimate of drug-likeness (QED) is 0.842. The lowest BCUT2D eigenvalue weighted by Gasteiger charge is -2.38. The highest BCUT2D eigenvalue weighted by Crippen LogP contribution is 2.15. The van der Waals surface area contributed by atoms with Crippen LogP contribution in [0.3, 0.4) is 0 Å². The number of carbonyl (C=O) groups is 1. The predicted octanol–water partition coefficient (Wildman–Crippen LogP) is 0.860. The van der Waals surface area contributed by atoms with Crippen LogP contribution in [-0.4, -0.2) is 74.6 Å². The first kappa shape index (κ1) is 17.6. The Hall–Kier alpha value is -2.25. The molecule has 0 saturated carbocycles. The normalized spacial score (nSPS) is 16.8. The summed E-state index contributed by atoms with van der Waals surface area (Å²) in [5, 5.41) is 17.6. The van der Waals surface area contributed by atoms with Gasteiger partial charge in [0.2, 0.25) is 5.91 Å². The molecule has 1 aromatic carbocycles. The van der Waals surface area contributed by atoms with E-state index in [0.717, 1.165) is 30.8 Å². The molecule has 134 valence electrons. The topological polar surface area (TPSA) is 74.5 Å². The van der Waals surface area contributed by atoms with Gasteiger partial charge in [-0.1, -0.05) is 42.5 Å². The third kappa shape index (κ3) is 4.24. The molecule has 0 spiro atoms. The maximum absolute atomic E-state index is 12.5. The lowest BCUT2D eigenvalue weighted by Crippen LogP contribution is -2.53. The van der Waals surface area contributed by atoms with Crippen molar-refractivity contribution >= 4 is 5.91 Å². The molecule has 1 atom stereocenters. The molecule has 3 rings (SSSR count). The zero-order valence-corrected chi connectivity index (χ0v) is 14.6. The molecule has 2 heterocycles. The van der Waals surface area contributed by atoms with Crippen molar-refractivity contribution in [1.29, 1.82) is 0 Å². The number of amides is 1. The Bertz CT molecular complexity index is 676. The minimum absolute atomic E-state index is 0.0567. The fourth-order valence-corrected chi connectivity index (χ4v) is 3.19. The Labute approximate surface area is 147 Å². The van der Waals surface area contributed by atoms with Gasteiger partial charge >= 0.3 is 0 Å². The Balaban J connectivity index is 1.54. The third-order valence-corrected chi connectivity index (χ3v) is 4.77. The summed E-state index contributed by atoms with van der Waals surface area (Å²) in [6, 6.07) is 10.0. The average molecular weight is 343 g/mol. The van der Waals surface area contributed by atoms with E-state index in [2.05, 4.69) is 22.1 Å². The van der Waals surface area contributed by atoms with Gasteiger partial charge in [-0.2, -0.15) is 0 Å². The molecule has 0 radical (unpaired) electrons. The zero-order valence-electron chi connectivity index (χ0n) is 14.6. The molecule has 1 fully saturated rings. The first-order valence-corrected chi connectivity index (χ1v) is 8.79. The van der Waals surface area contributed by atoms with Crippen molar-refractivity contribution in [1.82, 2.24) is 24.8 Å². The predicted molar refractivity (Wildman–Crippen MR) is 94.8 cm³/mol. The van der Waals surface area contributed by atoms with Gasteiger partial charge in [0.1, 0.15) is 12.2 Å². The molecule has 2 aromatic rings. The number of rotatable bonds is 6. The number of hydrogen-bond acceptors (Lipinski definition) is 5. The van der Waals surface area contributed by atoms with Gasteiger partial charge in [0.15, 0.2) is 0 Å². The molecule has 1 N–H and O–H groups in total. The molecule has 7 nitrogen and oxygen atoms in total. The van der Waals surface area contributed by atoms with Gasteiger partial charge in [0.25, 0.3) is 0 Å².